The number of nitro groups is 1. The molecule has 30 heavy (non-hydrogen) atoms. The summed E-state index contributed by atoms with van der Waals surface area (Å²) in [6.45, 7) is 2.87. The largest absolute Gasteiger partial charge is 0.466 e. The van der Waals surface area contributed by atoms with Gasteiger partial charge in [-0.1, -0.05) is 60.7 Å². The number of aromatic nitrogens is 1. The Morgan fingerprint density at radius 3 is 2.03 bits per heavy atom. The number of nitrogens with zero attached hydrogens (tertiary/aromatic N) is 3. The van der Waals surface area contributed by atoms with Gasteiger partial charge in [0.1, 0.15) is 0 Å². The minimum absolute atomic E-state index is 0.0383. The molecule has 0 saturated heterocycles. The smallest absolute Gasteiger partial charge is 0.311 e. The van der Waals surface area contributed by atoms with Crippen molar-refractivity contribution in [3.63, 3.8) is 0 Å². The van der Waals surface area contributed by atoms with Crippen molar-refractivity contribution in [1.82, 2.24) is 4.98 Å². The van der Waals surface area contributed by atoms with E-state index in [1.165, 1.54) is 12.1 Å². The number of pyridine rings is 1. The second-order valence-electron chi connectivity index (χ2n) is 6.71. The molecule has 0 spiro atoms. The van der Waals surface area contributed by atoms with E-state index in [0.29, 0.717) is 18.8 Å². The zero-order valence-electron chi connectivity index (χ0n) is 16.7. The number of ether oxygens (including phenoxy) is 1. The van der Waals surface area contributed by atoms with Gasteiger partial charge in [-0.2, -0.15) is 0 Å². The molecule has 3 rings (SSSR count). The van der Waals surface area contributed by atoms with E-state index in [1.807, 2.05) is 65.6 Å². The van der Waals surface area contributed by atoms with E-state index in [4.69, 9.17) is 4.74 Å². The molecule has 0 bridgehead atoms. The molecule has 2 aromatic carbocycles. The molecule has 0 atom stereocenters. The van der Waals surface area contributed by atoms with Crippen molar-refractivity contribution in [3.8, 4) is 0 Å². The van der Waals surface area contributed by atoms with Gasteiger partial charge in [-0.25, -0.2) is 4.98 Å². The zero-order valence-corrected chi connectivity index (χ0v) is 16.7. The summed E-state index contributed by atoms with van der Waals surface area (Å²) in [6.07, 6.45) is -0.0383. The van der Waals surface area contributed by atoms with Crippen LogP contribution in [0.4, 0.5) is 11.5 Å². The molecule has 7 nitrogen and oxygen atoms in total. The van der Waals surface area contributed by atoms with Crippen LogP contribution < -0.4 is 4.90 Å². The van der Waals surface area contributed by atoms with Crippen LogP contribution in [0.5, 0.6) is 0 Å². The summed E-state index contributed by atoms with van der Waals surface area (Å²) >= 11 is 0. The number of esters is 1. The number of anilines is 1. The lowest BCUT2D eigenvalue weighted by molar-refractivity contribution is -0.384. The number of carbonyl (C=O) groups is 1. The van der Waals surface area contributed by atoms with Crippen molar-refractivity contribution >= 4 is 17.5 Å². The minimum Gasteiger partial charge on any atom is -0.466 e. The molecule has 0 radical (unpaired) electrons. The molecule has 7 heteroatoms. The number of rotatable bonds is 9. The summed E-state index contributed by atoms with van der Waals surface area (Å²) < 4.78 is 4.99. The van der Waals surface area contributed by atoms with Gasteiger partial charge in [0, 0.05) is 19.2 Å². The fourth-order valence-electron chi connectivity index (χ4n) is 3.13. The first-order valence-electron chi connectivity index (χ1n) is 9.69. The van der Waals surface area contributed by atoms with E-state index >= 15 is 0 Å². The van der Waals surface area contributed by atoms with Crippen molar-refractivity contribution in [3.05, 3.63) is 99.7 Å². The molecule has 154 valence electrons. The third-order valence-electron chi connectivity index (χ3n) is 4.47. The van der Waals surface area contributed by atoms with Gasteiger partial charge in [-0.05, 0) is 24.1 Å². The van der Waals surface area contributed by atoms with Crippen LogP contribution in [0.1, 0.15) is 23.7 Å². The average molecular weight is 405 g/mol. The van der Waals surface area contributed by atoms with Crippen LogP contribution in [0.2, 0.25) is 0 Å². The monoisotopic (exact) mass is 405 g/mol. The Balaban J connectivity index is 2.00. The Hall–Kier alpha value is -3.74. The Morgan fingerprint density at radius 2 is 1.53 bits per heavy atom. The first-order chi connectivity index (χ1) is 14.6. The highest BCUT2D eigenvalue weighted by Crippen LogP contribution is 2.29. The van der Waals surface area contributed by atoms with E-state index in [1.54, 1.807) is 6.92 Å². The summed E-state index contributed by atoms with van der Waals surface area (Å²) in [5.74, 6) is -0.183. The van der Waals surface area contributed by atoms with Crippen LogP contribution >= 0.6 is 0 Å². The van der Waals surface area contributed by atoms with E-state index in [-0.39, 0.29) is 24.5 Å². The van der Waals surface area contributed by atoms with Crippen molar-refractivity contribution in [2.24, 2.45) is 0 Å². The molecular formula is C23H23N3O4. The van der Waals surface area contributed by atoms with Gasteiger partial charge in [0.2, 0.25) is 5.82 Å². The lowest BCUT2D eigenvalue weighted by Crippen LogP contribution is -2.25. The molecular weight excluding hydrogens is 382 g/mol. The number of carbonyl (C=O) groups excluding carboxylic acids is 1. The van der Waals surface area contributed by atoms with Crippen molar-refractivity contribution in [2.75, 3.05) is 11.5 Å². The van der Waals surface area contributed by atoms with Crippen molar-refractivity contribution in [1.29, 1.82) is 0 Å². The molecule has 0 aliphatic heterocycles. The Labute approximate surface area is 175 Å². The summed E-state index contributed by atoms with van der Waals surface area (Å²) in [5.41, 5.74) is 2.33. The maximum atomic E-state index is 11.9. The third kappa shape index (κ3) is 5.64. The van der Waals surface area contributed by atoms with Gasteiger partial charge in [-0.3, -0.25) is 14.9 Å². The highest BCUT2D eigenvalue weighted by Gasteiger charge is 2.23. The molecule has 0 amide bonds. The van der Waals surface area contributed by atoms with Crippen LogP contribution in [0.3, 0.4) is 0 Å². The molecule has 0 aliphatic rings. The molecule has 0 N–H and O–H groups in total. The van der Waals surface area contributed by atoms with Crippen LogP contribution in [0, 0.1) is 10.1 Å². The molecule has 1 aromatic heterocycles. The lowest BCUT2D eigenvalue weighted by Gasteiger charge is -2.24. The number of benzene rings is 2. The number of hydrogen-bond donors (Lipinski definition) is 0. The topological polar surface area (TPSA) is 85.6 Å². The molecule has 0 fully saturated rings. The van der Waals surface area contributed by atoms with E-state index in [0.717, 1.165) is 11.1 Å². The minimum atomic E-state index is -0.445. The highest BCUT2D eigenvalue weighted by molar-refractivity contribution is 5.72. The fourth-order valence-corrected chi connectivity index (χ4v) is 3.13. The van der Waals surface area contributed by atoms with Gasteiger partial charge in [-0.15, -0.1) is 0 Å². The van der Waals surface area contributed by atoms with Gasteiger partial charge < -0.3 is 9.64 Å². The SMILES string of the molecule is CCOC(=O)Cc1ccc([N+](=O)[O-])c(N(Cc2ccccc2)Cc2ccccc2)n1. The average Bonchev–Trinajstić information content (AvgIpc) is 2.75. The first kappa shape index (κ1) is 21.0. The molecule has 1 heterocycles. The lowest BCUT2D eigenvalue weighted by atomic mass is 10.1. The quantitative estimate of drug-likeness (QED) is 0.300. The summed E-state index contributed by atoms with van der Waals surface area (Å²) in [5, 5.41) is 11.7. The first-order valence-corrected chi connectivity index (χ1v) is 9.69. The van der Waals surface area contributed by atoms with E-state index in [9.17, 15) is 14.9 Å². The van der Waals surface area contributed by atoms with Crippen LogP contribution in [-0.4, -0.2) is 22.5 Å². The fraction of sp³-hybridized carbons (Fsp3) is 0.217. The Morgan fingerprint density at radius 1 is 0.967 bits per heavy atom. The van der Waals surface area contributed by atoms with Gasteiger partial charge >= 0.3 is 11.7 Å². The second-order valence-corrected chi connectivity index (χ2v) is 6.71. The van der Waals surface area contributed by atoms with E-state index < -0.39 is 10.9 Å². The second kappa shape index (κ2) is 10.2. The van der Waals surface area contributed by atoms with Crippen LogP contribution in [0.15, 0.2) is 72.8 Å². The summed E-state index contributed by atoms with van der Waals surface area (Å²) in [4.78, 5) is 29.5. The van der Waals surface area contributed by atoms with Crippen LogP contribution in [0.25, 0.3) is 0 Å². The predicted molar refractivity (Wildman–Crippen MR) is 114 cm³/mol. The molecule has 3 aromatic rings. The summed E-state index contributed by atoms with van der Waals surface area (Å²) in [7, 11) is 0. The molecule has 0 unspecified atom stereocenters. The third-order valence-corrected chi connectivity index (χ3v) is 4.47. The van der Waals surface area contributed by atoms with Gasteiger partial charge in [0.25, 0.3) is 0 Å². The summed E-state index contributed by atoms with van der Waals surface area (Å²) in [6, 6.07) is 22.3. The molecule has 0 saturated carbocycles. The Kier molecular flexibility index (Phi) is 7.10. The molecule has 0 aliphatic carbocycles. The standard InChI is InChI=1S/C23H23N3O4/c1-2-30-22(27)15-20-13-14-21(26(28)29)23(24-20)25(16-18-9-5-3-6-10-18)17-19-11-7-4-8-12-19/h3-14H,2,15-17H2,1H3. The zero-order chi connectivity index (χ0) is 21.3. The number of hydrogen-bond acceptors (Lipinski definition) is 6. The van der Waals surface area contributed by atoms with Crippen molar-refractivity contribution in [2.45, 2.75) is 26.4 Å². The Bertz CT molecular complexity index is 952. The van der Waals surface area contributed by atoms with E-state index in [2.05, 4.69) is 4.98 Å². The van der Waals surface area contributed by atoms with Gasteiger partial charge in [0.15, 0.2) is 0 Å². The normalized spacial score (nSPS) is 10.4. The highest BCUT2D eigenvalue weighted by atomic mass is 16.6. The predicted octanol–water partition coefficient (Wildman–Crippen LogP) is 4.30. The van der Waals surface area contributed by atoms with Gasteiger partial charge in [0.05, 0.1) is 23.6 Å². The van der Waals surface area contributed by atoms with Crippen LogP contribution in [-0.2, 0) is 29.0 Å². The maximum Gasteiger partial charge on any atom is 0.311 e. The van der Waals surface area contributed by atoms with Crippen molar-refractivity contribution < 1.29 is 14.5 Å². The maximum absolute atomic E-state index is 11.9.